The van der Waals surface area contributed by atoms with E-state index in [1.54, 1.807) is 14.2 Å². The van der Waals surface area contributed by atoms with Gasteiger partial charge in [-0.05, 0) is 37.5 Å². The number of hydrogen-bond acceptors (Lipinski definition) is 5. The molecular formula is C21H32N4O4. The van der Waals surface area contributed by atoms with Crippen LogP contribution in [0.15, 0.2) is 23.2 Å². The van der Waals surface area contributed by atoms with Gasteiger partial charge in [0.2, 0.25) is 0 Å². The number of guanidine groups is 1. The fraction of sp³-hybridized carbons (Fsp3) is 0.619. The zero-order chi connectivity index (χ0) is 20.6. The quantitative estimate of drug-likeness (QED) is 0.572. The van der Waals surface area contributed by atoms with Crippen LogP contribution in [0.2, 0.25) is 0 Å². The van der Waals surface area contributed by atoms with Crippen LogP contribution in [-0.2, 0) is 16.1 Å². The van der Waals surface area contributed by atoms with Crippen LogP contribution in [0.3, 0.4) is 0 Å². The molecule has 1 aromatic carbocycles. The average Bonchev–Trinajstić information content (AvgIpc) is 3.31. The van der Waals surface area contributed by atoms with Crippen LogP contribution in [0.4, 0.5) is 0 Å². The number of hydrogen-bond donors (Lipinski definition) is 1. The largest absolute Gasteiger partial charge is 0.493 e. The number of rotatable bonds is 6. The van der Waals surface area contributed by atoms with E-state index < -0.39 is 0 Å². The molecule has 2 fully saturated rings. The van der Waals surface area contributed by atoms with Crippen LogP contribution < -0.4 is 14.8 Å². The summed E-state index contributed by atoms with van der Waals surface area (Å²) in [5, 5.41) is 3.36. The minimum atomic E-state index is -0.242. The molecule has 29 heavy (non-hydrogen) atoms. The lowest BCUT2D eigenvalue weighted by molar-refractivity contribution is -0.142. The zero-order valence-corrected chi connectivity index (χ0v) is 17.6. The molecule has 3 rings (SSSR count). The summed E-state index contributed by atoms with van der Waals surface area (Å²) < 4.78 is 16.2. The second-order valence-corrected chi connectivity index (χ2v) is 7.17. The van der Waals surface area contributed by atoms with Gasteiger partial charge in [0.25, 0.3) is 5.91 Å². The lowest BCUT2D eigenvalue weighted by atomic mass is 10.2. The molecule has 2 aliphatic heterocycles. The van der Waals surface area contributed by atoms with Crippen LogP contribution in [0, 0.1) is 0 Å². The van der Waals surface area contributed by atoms with Crippen LogP contribution in [0.1, 0.15) is 25.3 Å². The summed E-state index contributed by atoms with van der Waals surface area (Å²) in [6.07, 6.45) is 1.58. The van der Waals surface area contributed by atoms with Crippen molar-refractivity contribution in [1.29, 1.82) is 0 Å². The number of benzene rings is 1. The fourth-order valence-electron chi connectivity index (χ4n) is 3.69. The first kappa shape index (κ1) is 21.2. The lowest BCUT2D eigenvalue weighted by Gasteiger charge is -2.37. The Kier molecular flexibility index (Phi) is 7.57. The van der Waals surface area contributed by atoms with Crippen molar-refractivity contribution in [3.8, 4) is 11.5 Å². The maximum atomic E-state index is 12.5. The fourth-order valence-corrected chi connectivity index (χ4v) is 3.69. The number of ether oxygens (including phenoxy) is 3. The van der Waals surface area contributed by atoms with Gasteiger partial charge in [-0.15, -0.1) is 0 Å². The Bertz CT molecular complexity index is 711. The van der Waals surface area contributed by atoms with Crippen molar-refractivity contribution in [2.45, 2.75) is 32.4 Å². The summed E-state index contributed by atoms with van der Waals surface area (Å²) >= 11 is 0. The smallest absolute Gasteiger partial charge is 0.251 e. The molecule has 2 heterocycles. The number of amides is 1. The Morgan fingerprint density at radius 2 is 1.90 bits per heavy atom. The second-order valence-electron chi connectivity index (χ2n) is 7.17. The van der Waals surface area contributed by atoms with E-state index in [0.717, 1.165) is 44.0 Å². The van der Waals surface area contributed by atoms with Gasteiger partial charge < -0.3 is 29.3 Å². The third-order valence-electron chi connectivity index (χ3n) is 5.29. The summed E-state index contributed by atoms with van der Waals surface area (Å²) in [6, 6.07) is 5.84. The normalized spacial score (nSPS) is 20.0. The Labute approximate surface area is 172 Å². The van der Waals surface area contributed by atoms with Gasteiger partial charge in [0.1, 0.15) is 6.10 Å². The number of aliphatic imine (C=N–C) groups is 1. The summed E-state index contributed by atoms with van der Waals surface area (Å²) in [4.78, 5) is 21.5. The van der Waals surface area contributed by atoms with Gasteiger partial charge >= 0.3 is 0 Å². The SMILES string of the molecule is CCNC(=NCc1ccc(OC)c(OC)c1)N1CCN(C(=O)C2CCCO2)CC1. The van der Waals surface area contributed by atoms with E-state index in [1.165, 1.54) is 0 Å². The van der Waals surface area contributed by atoms with Crippen LogP contribution in [0.5, 0.6) is 11.5 Å². The molecule has 0 aromatic heterocycles. The molecule has 2 aliphatic rings. The molecule has 1 atom stereocenters. The van der Waals surface area contributed by atoms with Crippen molar-refractivity contribution in [2.24, 2.45) is 4.99 Å². The number of piperazine rings is 1. The standard InChI is InChI=1S/C21H32N4O4/c1-4-22-21(23-15-16-7-8-17(27-2)19(14-16)28-3)25-11-9-24(10-12-25)20(26)18-6-5-13-29-18/h7-8,14,18H,4-6,9-13,15H2,1-3H3,(H,22,23). The summed E-state index contributed by atoms with van der Waals surface area (Å²) in [5.74, 6) is 2.41. The molecule has 8 heteroatoms. The Hall–Kier alpha value is -2.48. The van der Waals surface area contributed by atoms with E-state index in [0.29, 0.717) is 37.7 Å². The molecule has 2 saturated heterocycles. The zero-order valence-electron chi connectivity index (χ0n) is 17.6. The maximum Gasteiger partial charge on any atom is 0.251 e. The van der Waals surface area contributed by atoms with Crippen LogP contribution >= 0.6 is 0 Å². The minimum absolute atomic E-state index is 0.134. The Balaban J connectivity index is 1.60. The van der Waals surface area contributed by atoms with Gasteiger partial charge in [0.15, 0.2) is 17.5 Å². The molecule has 0 radical (unpaired) electrons. The van der Waals surface area contributed by atoms with Crippen molar-refractivity contribution in [1.82, 2.24) is 15.1 Å². The molecule has 1 N–H and O–H groups in total. The number of nitrogens with zero attached hydrogens (tertiary/aromatic N) is 3. The molecule has 0 saturated carbocycles. The highest BCUT2D eigenvalue weighted by atomic mass is 16.5. The first-order valence-electron chi connectivity index (χ1n) is 10.3. The van der Waals surface area contributed by atoms with Crippen LogP contribution in [0.25, 0.3) is 0 Å². The number of carbonyl (C=O) groups excluding carboxylic acids is 1. The van der Waals surface area contributed by atoms with E-state index in [1.807, 2.05) is 23.1 Å². The molecule has 1 unspecified atom stereocenters. The van der Waals surface area contributed by atoms with E-state index in [2.05, 4.69) is 17.1 Å². The van der Waals surface area contributed by atoms with Gasteiger partial charge in [0.05, 0.1) is 20.8 Å². The molecule has 160 valence electrons. The molecule has 8 nitrogen and oxygen atoms in total. The highest BCUT2D eigenvalue weighted by Gasteiger charge is 2.30. The van der Waals surface area contributed by atoms with Gasteiger partial charge in [0, 0.05) is 39.3 Å². The van der Waals surface area contributed by atoms with Gasteiger partial charge in [-0.25, -0.2) is 4.99 Å². The highest BCUT2D eigenvalue weighted by Crippen LogP contribution is 2.27. The third kappa shape index (κ3) is 5.32. The topological polar surface area (TPSA) is 75.6 Å². The predicted molar refractivity (Wildman–Crippen MR) is 111 cm³/mol. The van der Waals surface area contributed by atoms with Crippen molar-refractivity contribution < 1.29 is 19.0 Å². The Morgan fingerprint density at radius 3 is 2.52 bits per heavy atom. The van der Waals surface area contributed by atoms with E-state index in [-0.39, 0.29) is 12.0 Å². The number of nitrogens with one attached hydrogen (secondary N) is 1. The summed E-state index contributed by atoms with van der Waals surface area (Å²) in [5.41, 5.74) is 1.05. The molecule has 0 bridgehead atoms. The molecule has 1 aromatic rings. The van der Waals surface area contributed by atoms with Crippen LogP contribution in [-0.4, -0.2) is 81.3 Å². The highest BCUT2D eigenvalue weighted by molar-refractivity contribution is 5.82. The lowest BCUT2D eigenvalue weighted by Crippen LogP contribution is -2.55. The van der Waals surface area contributed by atoms with Gasteiger partial charge in [-0.2, -0.15) is 0 Å². The maximum absolute atomic E-state index is 12.5. The third-order valence-corrected chi connectivity index (χ3v) is 5.29. The average molecular weight is 405 g/mol. The first-order valence-corrected chi connectivity index (χ1v) is 10.3. The molecule has 1 amide bonds. The predicted octanol–water partition coefficient (Wildman–Crippen LogP) is 1.49. The molecular weight excluding hydrogens is 372 g/mol. The minimum Gasteiger partial charge on any atom is -0.493 e. The number of methoxy groups -OCH3 is 2. The van der Waals surface area contributed by atoms with E-state index in [4.69, 9.17) is 19.2 Å². The number of carbonyl (C=O) groups is 1. The van der Waals surface area contributed by atoms with Crippen molar-refractivity contribution in [3.05, 3.63) is 23.8 Å². The van der Waals surface area contributed by atoms with Crippen molar-refractivity contribution >= 4 is 11.9 Å². The molecule has 0 aliphatic carbocycles. The first-order chi connectivity index (χ1) is 14.2. The van der Waals surface area contributed by atoms with E-state index >= 15 is 0 Å². The monoisotopic (exact) mass is 404 g/mol. The van der Waals surface area contributed by atoms with Crippen molar-refractivity contribution in [3.63, 3.8) is 0 Å². The van der Waals surface area contributed by atoms with Gasteiger partial charge in [-0.1, -0.05) is 6.07 Å². The second kappa shape index (κ2) is 10.3. The Morgan fingerprint density at radius 1 is 1.17 bits per heavy atom. The summed E-state index contributed by atoms with van der Waals surface area (Å²) in [6.45, 7) is 7.00. The summed E-state index contributed by atoms with van der Waals surface area (Å²) in [7, 11) is 3.26. The van der Waals surface area contributed by atoms with Gasteiger partial charge in [-0.3, -0.25) is 4.79 Å². The van der Waals surface area contributed by atoms with Crippen molar-refractivity contribution in [2.75, 3.05) is 53.6 Å². The molecule has 0 spiro atoms. The van der Waals surface area contributed by atoms with E-state index in [9.17, 15) is 4.79 Å².